The topological polar surface area (TPSA) is 192 Å². The van der Waals surface area contributed by atoms with E-state index >= 15 is 0 Å². The average Bonchev–Trinajstić information content (AvgIpc) is 3.23. The van der Waals surface area contributed by atoms with Crippen LogP contribution in [0.5, 0.6) is 0 Å². The lowest BCUT2D eigenvalue weighted by atomic mass is 9.85. The Morgan fingerprint density at radius 1 is 0.533 bits per heavy atom. The third-order valence-electron chi connectivity index (χ3n) is 10.8. The van der Waals surface area contributed by atoms with E-state index < -0.39 is 63.1 Å². The van der Waals surface area contributed by atoms with Gasteiger partial charge in [0.1, 0.15) is 43.2 Å². The molecule has 60 heavy (non-hydrogen) atoms. The van der Waals surface area contributed by atoms with E-state index in [0.29, 0.717) is 6.42 Å². The summed E-state index contributed by atoms with van der Waals surface area (Å²) in [7, 11) is -5.04. The third kappa shape index (κ3) is 29.4. The lowest BCUT2D eigenvalue weighted by Gasteiger charge is -2.41. The summed E-state index contributed by atoms with van der Waals surface area (Å²) in [5.74, 6) is -0.520. The first-order valence-electron chi connectivity index (χ1n) is 23.5. The van der Waals surface area contributed by atoms with Gasteiger partial charge in [-0.3, -0.25) is 13.8 Å². The van der Waals surface area contributed by atoms with Crippen molar-refractivity contribution in [3.63, 3.8) is 0 Å². The molecule has 0 spiro atoms. The molecular formula is C47H85O12P. The second-order valence-electron chi connectivity index (χ2n) is 16.3. The summed E-state index contributed by atoms with van der Waals surface area (Å²) in [4.78, 5) is 23.1. The van der Waals surface area contributed by atoms with Crippen LogP contribution >= 0.6 is 7.82 Å². The molecule has 6 unspecified atom stereocenters. The van der Waals surface area contributed by atoms with E-state index in [1.807, 2.05) is 6.08 Å². The van der Waals surface area contributed by atoms with Gasteiger partial charge in [-0.05, 0) is 63.9 Å². The number of carbonyl (C=O) groups is 1. The fraction of sp³-hybridized carbons (Fsp3) is 0.809. The van der Waals surface area contributed by atoms with Crippen molar-refractivity contribution in [1.82, 2.24) is 0 Å². The molecule has 1 aliphatic rings. The summed E-state index contributed by atoms with van der Waals surface area (Å²) in [6, 6.07) is 0. The molecule has 12 nitrogen and oxygen atoms in total. The minimum absolute atomic E-state index is 0.144. The fourth-order valence-corrected chi connectivity index (χ4v) is 7.95. The molecule has 0 amide bonds. The number of carbonyl (C=O) groups excluding carboxylic acids is 1. The van der Waals surface area contributed by atoms with Crippen LogP contribution < -0.4 is 0 Å². The van der Waals surface area contributed by atoms with Crippen LogP contribution in [0.2, 0.25) is 0 Å². The van der Waals surface area contributed by atoms with Crippen molar-refractivity contribution >= 4 is 13.8 Å². The van der Waals surface area contributed by atoms with Gasteiger partial charge in [0.15, 0.2) is 6.10 Å². The number of aliphatic hydroxyl groups excluding tert-OH is 5. The first-order chi connectivity index (χ1) is 29.0. The quantitative estimate of drug-likeness (QED) is 0.0113. The molecular weight excluding hydrogens is 787 g/mol. The molecule has 0 radical (unpaired) electrons. The van der Waals surface area contributed by atoms with Gasteiger partial charge in [-0.1, -0.05) is 159 Å². The van der Waals surface area contributed by atoms with Crippen LogP contribution in [0.3, 0.4) is 0 Å². The number of aliphatic hydroxyl groups is 5. The van der Waals surface area contributed by atoms with Gasteiger partial charge >= 0.3 is 13.8 Å². The maximum atomic E-state index is 12.8. The minimum Gasteiger partial charge on any atom is -0.498 e. The number of allylic oxidation sites excluding steroid dienone is 7. The molecule has 0 saturated heterocycles. The zero-order valence-electron chi connectivity index (χ0n) is 37.2. The molecule has 350 valence electrons. The standard InChI is InChI=1S/C47H85O12P/c1-3-5-7-9-11-13-15-17-19-21-22-24-26-28-30-32-34-36-41(48)58-40(39-57-60(54,55)59-47-45(52)43(50)42(49)44(51)46(47)53)38-56-37-35-33-31-29-27-25-23-20-18-16-14-12-10-8-6-4-2/h11,13,17,19,22,24,35,37,40,42-47,49-53H,3-10,12,14-16,18,20-21,23,25-34,36,38-39H2,1-2H3,(H,54,55)/b13-11-,19-17-,24-22-,37-35-/t40-,42?,43-,44?,45?,46?,47?/m1/s1. The summed E-state index contributed by atoms with van der Waals surface area (Å²) in [6.45, 7) is 3.68. The van der Waals surface area contributed by atoms with Crippen molar-refractivity contribution in [2.45, 2.75) is 230 Å². The maximum absolute atomic E-state index is 12.8. The molecule has 8 atom stereocenters. The molecule has 0 aromatic carbocycles. The molecule has 0 aromatic rings. The number of hydrogen-bond acceptors (Lipinski definition) is 11. The van der Waals surface area contributed by atoms with Crippen molar-refractivity contribution in [1.29, 1.82) is 0 Å². The van der Waals surface area contributed by atoms with E-state index in [1.165, 1.54) is 103 Å². The Morgan fingerprint density at radius 2 is 0.933 bits per heavy atom. The highest BCUT2D eigenvalue weighted by Crippen LogP contribution is 2.47. The first kappa shape index (κ1) is 56.2. The van der Waals surface area contributed by atoms with Crippen molar-refractivity contribution in [3.05, 3.63) is 48.8 Å². The summed E-state index contributed by atoms with van der Waals surface area (Å²) in [5, 5.41) is 50.2. The molecule has 0 bridgehead atoms. The fourth-order valence-electron chi connectivity index (χ4n) is 6.97. The van der Waals surface area contributed by atoms with Crippen LogP contribution in [-0.4, -0.2) is 92.3 Å². The van der Waals surface area contributed by atoms with Crippen LogP contribution in [-0.2, 0) is 27.9 Å². The highest BCUT2D eigenvalue weighted by atomic mass is 31.2. The van der Waals surface area contributed by atoms with E-state index in [2.05, 4.69) is 50.3 Å². The Hall–Kier alpha value is -1.86. The minimum atomic E-state index is -5.04. The zero-order valence-corrected chi connectivity index (χ0v) is 38.1. The van der Waals surface area contributed by atoms with Crippen LogP contribution in [0.25, 0.3) is 0 Å². The van der Waals surface area contributed by atoms with Gasteiger partial charge in [-0.15, -0.1) is 0 Å². The summed E-state index contributed by atoms with van der Waals surface area (Å²) >= 11 is 0. The number of unbranched alkanes of at least 4 members (excludes halogenated alkanes) is 21. The van der Waals surface area contributed by atoms with Gasteiger partial charge in [0.2, 0.25) is 0 Å². The van der Waals surface area contributed by atoms with Crippen LogP contribution in [0, 0.1) is 0 Å². The number of ether oxygens (including phenoxy) is 2. The van der Waals surface area contributed by atoms with Crippen LogP contribution in [0.4, 0.5) is 0 Å². The monoisotopic (exact) mass is 873 g/mol. The van der Waals surface area contributed by atoms with Gasteiger partial charge < -0.3 is 39.9 Å². The molecule has 6 N–H and O–H groups in total. The normalized spacial score (nSPS) is 22.7. The maximum Gasteiger partial charge on any atom is 0.472 e. The molecule has 0 heterocycles. The zero-order chi connectivity index (χ0) is 44.1. The van der Waals surface area contributed by atoms with Gasteiger partial charge in [-0.25, -0.2) is 4.57 Å². The van der Waals surface area contributed by atoms with Crippen molar-refractivity contribution in [3.8, 4) is 0 Å². The smallest absolute Gasteiger partial charge is 0.472 e. The SMILES string of the molecule is CCCCC/C=C\C/C=C\C/C=C\CCCCCCC(=O)O[C@H](CO/C=C\CCCCCCCCCCCCCCCC)COP(=O)(O)OC1C(O)C(O)C(O)[C@@H](O)C1O. The van der Waals surface area contributed by atoms with E-state index in [4.69, 9.17) is 18.5 Å². The molecule has 1 aliphatic carbocycles. The summed E-state index contributed by atoms with van der Waals surface area (Å²) in [6.07, 6.45) is 34.0. The Bertz CT molecular complexity index is 1180. The first-order valence-corrected chi connectivity index (χ1v) is 25.0. The summed E-state index contributed by atoms with van der Waals surface area (Å²) < 4.78 is 33.9. The van der Waals surface area contributed by atoms with Gasteiger partial charge in [0.25, 0.3) is 0 Å². The number of phosphoric acid groups is 1. The number of phosphoric ester groups is 1. The second kappa shape index (κ2) is 37.7. The van der Waals surface area contributed by atoms with E-state index in [0.717, 1.165) is 64.2 Å². The molecule has 0 aliphatic heterocycles. The predicted molar refractivity (Wildman–Crippen MR) is 239 cm³/mol. The van der Waals surface area contributed by atoms with E-state index in [1.54, 1.807) is 0 Å². The number of esters is 1. The predicted octanol–water partition coefficient (Wildman–Crippen LogP) is 9.99. The van der Waals surface area contributed by atoms with Crippen LogP contribution in [0.15, 0.2) is 48.8 Å². The van der Waals surface area contributed by atoms with E-state index in [9.17, 15) is 39.8 Å². The molecule has 13 heteroatoms. The second-order valence-corrected chi connectivity index (χ2v) is 17.7. The Kier molecular flexibility index (Phi) is 35.3. The summed E-state index contributed by atoms with van der Waals surface area (Å²) in [5.41, 5.74) is 0. The average molecular weight is 873 g/mol. The van der Waals surface area contributed by atoms with Gasteiger partial charge in [-0.2, -0.15) is 0 Å². The number of hydrogen-bond donors (Lipinski definition) is 6. The Labute approximate surface area is 363 Å². The lowest BCUT2D eigenvalue weighted by Crippen LogP contribution is -2.64. The molecule has 0 aromatic heterocycles. The Morgan fingerprint density at radius 3 is 1.45 bits per heavy atom. The van der Waals surface area contributed by atoms with Gasteiger partial charge in [0, 0.05) is 6.42 Å². The van der Waals surface area contributed by atoms with Crippen molar-refractivity contribution in [2.75, 3.05) is 13.2 Å². The van der Waals surface area contributed by atoms with Crippen molar-refractivity contribution in [2.24, 2.45) is 0 Å². The highest BCUT2D eigenvalue weighted by Gasteiger charge is 2.51. The molecule has 1 saturated carbocycles. The Balaban J connectivity index is 2.44. The van der Waals surface area contributed by atoms with E-state index in [-0.39, 0.29) is 13.0 Å². The molecule has 1 rings (SSSR count). The molecule has 1 fully saturated rings. The number of rotatable bonds is 39. The van der Waals surface area contributed by atoms with Crippen LogP contribution in [0.1, 0.15) is 187 Å². The third-order valence-corrected chi connectivity index (χ3v) is 11.8. The largest absolute Gasteiger partial charge is 0.498 e. The lowest BCUT2D eigenvalue weighted by molar-refractivity contribution is -0.220. The highest BCUT2D eigenvalue weighted by molar-refractivity contribution is 7.47. The van der Waals surface area contributed by atoms with Gasteiger partial charge in [0.05, 0.1) is 12.9 Å². The van der Waals surface area contributed by atoms with Crippen molar-refractivity contribution < 1.29 is 58.3 Å².